The van der Waals surface area contributed by atoms with Gasteiger partial charge in [-0.3, -0.25) is 0 Å². The summed E-state index contributed by atoms with van der Waals surface area (Å²) in [5.41, 5.74) is 2.44. The predicted octanol–water partition coefficient (Wildman–Crippen LogP) is 3.52. The lowest BCUT2D eigenvalue weighted by atomic mass is 10.0. The Bertz CT molecular complexity index is 613. The van der Waals surface area contributed by atoms with Gasteiger partial charge < -0.3 is 14.5 Å². The van der Waals surface area contributed by atoms with E-state index in [9.17, 15) is 0 Å². The van der Waals surface area contributed by atoms with E-state index < -0.39 is 0 Å². The van der Waals surface area contributed by atoms with E-state index in [1.165, 1.54) is 18.4 Å². The predicted molar refractivity (Wildman–Crippen MR) is 77.8 cm³/mol. The van der Waals surface area contributed by atoms with Gasteiger partial charge in [-0.15, -0.1) is 0 Å². The van der Waals surface area contributed by atoms with Crippen LogP contribution in [0.15, 0.2) is 34.7 Å². The topological polar surface area (TPSA) is 34.4 Å². The van der Waals surface area contributed by atoms with Crippen LogP contribution >= 0.6 is 0 Å². The SMILES string of the molecule is c1cc2c(cc1-c1ccc(CNC3CC3)o1)CCCO2. The molecule has 1 N–H and O–H groups in total. The molecule has 0 saturated heterocycles. The number of nitrogens with one attached hydrogen (secondary N) is 1. The quantitative estimate of drug-likeness (QED) is 0.922. The molecule has 3 nitrogen and oxygen atoms in total. The van der Waals surface area contributed by atoms with E-state index in [1.54, 1.807) is 0 Å². The van der Waals surface area contributed by atoms with Crippen molar-refractivity contribution in [3.63, 3.8) is 0 Å². The molecule has 2 aromatic rings. The maximum atomic E-state index is 5.94. The molecule has 20 heavy (non-hydrogen) atoms. The Morgan fingerprint density at radius 2 is 2.10 bits per heavy atom. The molecule has 0 unspecified atom stereocenters. The second-order valence-electron chi connectivity index (χ2n) is 5.70. The van der Waals surface area contributed by atoms with Crippen molar-refractivity contribution in [3.05, 3.63) is 41.7 Å². The highest BCUT2D eigenvalue weighted by Crippen LogP contribution is 2.31. The van der Waals surface area contributed by atoms with Crippen LogP contribution in [0.1, 0.15) is 30.6 Å². The van der Waals surface area contributed by atoms with E-state index in [4.69, 9.17) is 9.15 Å². The number of aryl methyl sites for hydroxylation is 1. The molecule has 1 aromatic heterocycles. The zero-order chi connectivity index (χ0) is 13.4. The van der Waals surface area contributed by atoms with Gasteiger partial charge in [-0.05, 0) is 61.6 Å². The van der Waals surface area contributed by atoms with Gasteiger partial charge in [-0.25, -0.2) is 0 Å². The Labute approximate surface area is 118 Å². The summed E-state index contributed by atoms with van der Waals surface area (Å²) in [6, 6.07) is 11.2. The largest absolute Gasteiger partial charge is 0.493 e. The lowest BCUT2D eigenvalue weighted by molar-refractivity contribution is 0.288. The summed E-state index contributed by atoms with van der Waals surface area (Å²) >= 11 is 0. The number of benzene rings is 1. The highest BCUT2D eigenvalue weighted by Gasteiger charge is 2.20. The first kappa shape index (κ1) is 12.0. The van der Waals surface area contributed by atoms with E-state index in [1.807, 2.05) is 0 Å². The van der Waals surface area contributed by atoms with Crippen LogP contribution in [0.3, 0.4) is 0 Å². The van der Waals surface area contributed by atoms with E-state index >= 15 is 0 Å². The Morgan fingerprint density at radius 3 is 3.00 bits per heavy atom. The summed E-state index contributed by atoms with van der Waals surface area (Å²) in [5.74, 6) is 2.99. The average molecular weight is 269 g/mol. The minimum absolute atomic E-state index is 0.712. The van der Waals surface area contributed by atoms with Gasteiger partial charge >= 0.3 is 0 Å². The molecule has 0 bridgehead atoms. The molecule has 2 aliphatic rings. The van der Waals surface area contributed by atoms with E-state index in [0.717, 1.165) is 48.8 Å². The third kappa shape index (κ3) is 2.46. The van der Waals surface area contributed by atoms with Crippen LogP contribution in [0.4, 0.5) is 0 Å². The van der Waals surface area contributed by atoms with Crippen LogP contribution in [0.5, 0.6) is 5.75 Å². The van der Waals surface area contributed by atoms with Crippen molar-refractivity contribution >= 4 is 0 Å². The smallest absolute Gasteiger partial charge is 0.134 e. The number of rotatable bonds is 4. The molecule has 0 radical (unpaired) electrons. The van der Waals surface area contributed by atoms with Crippen LogP contribution < -0.4 is 10.1 Å². The van der Waals surface area contributed by atoms with Gasteiger partial charge in [0.15, 0.2) is 0 Å². The van der Waals surface area contributed by atoms with E-state index in [0.29, 0.717) is 6.04 Å². The van der Waals surface area contributed by atoms with Crippen molar-refractivity contribution in [1.82, 2.24) is 5.32 Å². The molecule has 1 saturated carbocycles. The van der Waals surface area contributed by atoms with Crippen LogP contribution in [0.25, 0.3) is 11.3 Å². The zero-order valence-corrected chi connectivity index (χ0v) is 11.5. The summed E-state index contributed by atoms with van der Waals surface area (Å²) in [7, 11) is 0. The summed E-state index contributed by atoms with van der Waals surface area (Å²) in [6.45, 7) is 1.67. The number of hydrogen-bond donors (Lipinski definition) is 1. The lowest BCUT2D eigenvalue weighted by Gasteiger charge is -2.17. The monoisotopic (exact) mass is 269 g/mol. The lowest BCUT2D eigenvalue weighted by Crippen LogP contribution is -2.14. The normalized spacial score (nSPS) is 17.6. The van der Waals surface area contributed by atoms with Gasteiger partial charge in [0.05, 0.1) is 13.2 Å². The molecule has 1 aliphatic heterocycles. The minimum atomic E-state index is 0.712. The maximum absolute atomic E-state index is 5.94. The molecule has 1 fully saturated rings. The highest BCUT2D eigenvalue weighted by atomic mass is 16.5. The molecule has 0 spiro atoms. The Morgan fingerprint density at radius 1 is 1.15 bits per heavy atom. The maximum Gasteiger partial charge on any atom is 0.134 e. The molecular weight excluding hydrogens is 250 g/mol. The van der Waals surface area contributed by atoms with Gasteiger partial charge in [0.25, 0.3) is 0 Å². The highest BCUT2D eigenvalue weighted by molar-refractivity contribution is 5.61. The molecule has 3 heteroatoms. The van der Waals surface area contributed by atoms with Gasteiger partial charge in [0.2, 0.25) is 0 Å². The zero-order valence-electron chi connectivity index (χ0n) is 11.5. The van der Waals surface area contributed by atoms with E-state index in [2.05, 4.69) is 35.6 Å². The molecule has 104 valence electrons. The number of ether oxygens (including phenoxy) is 1. The fourth-order valence-corrected chi connectivity index (χ4v) is 2.67. The third-order valence-corrected chi connectivity index (χ3v) is 4.00. The summed E-state index contributed by atoms with van der Waals surface area (Å²) in [6.07, 6.45) is 4.81. The van der Waals surface area contributed by atoms with Crippen LogP contribution in [-0.4, -0.2) is 12.6 Å². The van der Waals surface area contributed by atoms with Crippen molar-refractivity contribution in [3.8, 4) is 17.1 Å². The standard InChI is InChI=1S/C17H19NO2/c1-2-12-10-13(3-7-16(12)19-9-1)17-8-6-15(20-17)11-18-14-4-5-14/h3,6-8,10,14,18H,1-2,4-5,9,11H2. The summed E-state index contributed by atoms with van der Waals surface area (Å²) < 4.78 is 11.6. The fraction of sp³-hybridized carbons (Fsp3) is 0.412. The molecular formula is C17H19NO2. The van der Waals surface area contributed by atoms with Crippen LogP contribution in [-0.2, 0) is 13.0 Å². The van der Waals surface area contributed by atoms with E-state index in [-0.39, 0.29) is 0 Å². The molecule has 2 heterocycles. The van der Waals surface area contributed by atoms with Crippen molar-refractivity contribution in [1.29, 1.82) is 0 Å². The number of hydrogen-bond acceptors (Lipinski definition) is 3. The second kappa shape index (κ2) is 4.98. The van der Waals surface area contributed by atoms with Gasteiger partial charge in [0, 0.05) is 11.6 Å². The first-order valence-electron chi connectivity index (χ1n) is 7.47. The first-order valence-corrected chi connectivity index (χ1v) is 7.47. The molecule has 0 amide bonds. The Balaban J connectivity index is 1.53. The van der Waals surface area contributed by atoms with Crippen LogP contribution in [0, 0.1) is 0 Å². The number of furan rings is 1. The summed E-state index contributed by atoms with van der Waals surface area (Å²) in [4.78, 5) is 0. The first-order chi connectivity index (χ1) is 9.88. The van der Waals surface area contributed by atoms with Gasteiger partial charge in [-0.1, -0.05) is 0 Å². The molecule has 1 aliphatic carbocycles. The minimum Gasteiger partial charge on any atom is -0.493 e. The average Bonchev–Trinajstić information content (AvgIpc) is 3.21. The van der Waals surface area contributed by atoms with Crippen molar-refractivity contribution in [2.45, 2.75) is 38.3 Å². The Hall–Kier alpha value is -1.74. The number of fused-ring (bicyclic) bond motifs is 1. The molecule has 4 rings (SSSR count). The van der Waals surface area contributed by atoms with Crippen molar-refractivity contribution in [2.75, 3.05) is 6.61 Å². The molecule has 1 aromatic carbocycles. The van der Waals surface area contributed by atoms with Gasteiger partial charge in [0.1, 0.15) is 17.3 Å². The Kier molecular flexibility index (Phi) is 3.00. The van der Waals surface area contributed by atoms with Crippen molar-refractivity contribution < 1.29 is 9.15 Å². The summed E-state index contributed by atoms with van der Waals surface area (Å²) in [5, 5.41) is 3.47. The van der Waals surface area contributed by atoms with Crippen molar-refractivity contribution in [2.24, 2.45) is 0 Å². The fourth-order valence-electron chi connectivity index (χ4n) is 2.67. The van der Waals surface area contributed by atoms with Crippen LogP contribution in [0.2, 0.25) is 0 Å². The third-order valence-electron chi connectivity index (χ3n) is 4.00. The molecule has 0 atom stereocenters. The second-order valence-corrected chi connectivity index (χ2v) is 5.70. The van der Waals surface area contributed by atoms with Gasteiger partial charge in [-0.2, -0.15) is 0 Å².